The van der Waals surface area contributed by atoms with Crippen LogP contribution < -0.4 is 14.4 Å². The van der Waals surface area contributed by atoms with E-state index in [4.69, 9.17) is 14.5 Å². The number of hydrogen-bond donors (Lipinski definition) is 2. The lowest BCUT2D eigenvalue weighted by Crippen LogP contribution is -2.43. The molecule has 4 aliphatic rings. The van der Waals surface area contributed by atoms with Crippen LogP contribution in [-0.4, -0.2) is 87.3 Å². The number of ether oxygens (including phenoxy) is 3. The molecule has 1 saturated carbocycles. The van der Waals surface area contributed by atoms with Crippen LogP contribution in [-0.2, 0) is 4.74 Å². The van der Waals surface area contributed by atoms with Crippen LogP contribution in [0, 0.1) is 17.6 Å². The smallest absolute Gasteiger partial charge is 0.461 e. The van der Waals surface area contributed by atoms with E-state index in [9.17, 15) is 19.0 Å². The lowest BCUT2D eigenvalue weighted by Gasteiger charge is -2.31. The van der Waals surface area contributed by atoms with Crippen molar-refractivity contribution in [3.8, 4) is 23.0 Å². The Morgan fingerprint density at radius 3 is 2.87 bits per heavy atom. The van der Waals surface area contributed by atoms with Crippen molar-refractivity contribution < 1.29 is 37.6 Å². The zero-order valence-electron chi connectivity index (χ0n) is 24.9. The summed E-state index contributed by atoms with van der Waals surface area (Å²) in [5, 5.41) is 19.2. The third-order valence-corrected chi connectivity index (χ3v) is 9.65. The molecule has 240 valence electrons. The number of fused-ring (bicyclic) bond motifs is 4. The topological polar surface area (TPSA) is 113 Å². The van der Waals surface area contributed by atoms with E-state index in [-0.39, 0.29) is 39.8 Å². The first-order valence-electron chi connectivity index (χ1n) is 15.4. The van der Waals surface area contributed by atoms with Crippen LogP contribution >= 0.6 is 0 Å². The molecule has 0 radical (unpaired) electrons. The SMILES string of the molecule is C=C1CN2CCC[C@@]2(COc2nc(N3CCOCC4CC43)c3cnc(-c4cccc5ccc(F)c(OC(O)(O)F)c45)c(F)c3n2)C1. The summed E-state index contributed by atoms with van der Waals surface area (Å²) >= 11 is 0. The Balaban J connectivity index is 1.27. The van der Waals surface area contributed by atoms with Gasteiger partial charge in [0, 0.05) is 42.2 Å². The predicted molar refractivity (Wildman–Crippen MR) is 162 cm³/mol. The zero-order chi connectivity index (χ0) is 31.8. The largest absolute Gasteiger partial charge is 0.492 e. The van der Waals surface area contributed by atoms with Crippen LogP contribution in [0.3, 0.4) is 0 Å². The Bertz CT molecular complexity index is 1890. The van der Waals surface area contributed by atoms with Gasteiger partial charge in [0.15, 0.2) is 17.4 Å². The Kier molecular flexibility index (Phi) is 6.87. The van der Waals surface area contributed by atoms with Gasteiger partial charge in [0.25, 0.3) is 0 Å². The monoisotopic (exact) mass is 635 g/mol. The molecule has 3 atom stereocenters. The maximum absolute atomic E-state index is 16.8. The molecule has 4 aromatic rings. The molecule has 0 bridgehead atoms. The molecule has 2 N–H and O–H groups in total. The Morgan fingerprint density at radius 1 is 1.15 bits per heavy atom. The summed E-state index contributed by atoms with van der Waals surface area (Å²) in [6.45, 7) is 7.97. The van der Waals surface area contributed by atoms with E-state index in [2.05, 4.69) is 31.1 Å². The molecule has 4 fully saturated rings. The zero-order valence-corrected chi connectivity index (χ0v) is 24.9. The maximum Gasteiger partial charge on any atom is 0.492 e. The quantitative estimate of drug-likeness (QED) is 0.223. The van der Waals surface area contributed by atoms with Crippen molar-refractivity contribution in [3.63, 3.8) is 0 Å². The third kappa shape index (κ3) is 5.02. The Labute approximate surface area is 262 Å². The van der Waals surface area contributed by atoms with Gasteiger partial charge < -0.3 is 29.3 Å². The summed E-state index contributed by atoms with van der Waals surface area (Å²) < 4.78 is 62.2. The van der Waals surface area contributed by atoms with Crippen molar-refractivity contribution in [2.75, 3.05) is 44.4 Å². The van der Waals surface area contributed by atoms with Crippen molar-refractivity contribution in [1.82, 2.24) is 19.9 Å². The fourth-order valence-corrected chi connectivity index (χ4v) is 7.51. The molecule has 0 amide bonds. The molecular weight excluding hydrogens is 603 g/mol. The number of aromatic nitrogens is 3. The van der Waals surface area contributed by atoms with E-state index >= 15 is 4.39 Å². The number of benzene rings is 2. The summed E-state index contributed by atoms with van der Waals surface area (Å²) in [4.78, 5) is 18.3. The molecule has 46 heavy (non-hydrogen) atoms. The number of nitrogens with zero attached hydrogens (tertiary/aromatic N) is 5. The average Bonchev–Trinajstić information content (AvgIpc) is 3.62. The summed E-state index contributed by atoms with van der Waals surface area (Å²) in [6.07, 6.45) is 1.02. The van der Waals surface area contributed by atoms with Gasteiger partial charge in [-0.3, -0.25) is 9.88 Å². The molecule has 8 rings (SSSR count). The minimum Gasteiger partial charge on any atom is -0.461 e. The fourth-order valence-electron chi connectivity index (χ4n) is 7.51. The van der Waals surface area contributed by atoms with Gasteiger partial charge in [-0.05, 0) is 43.7 Å². The first-order chi connectivity index (χ1) is 22.1. The van der Waals surface area contributed by atoms with Gasteiger partial charge in [0.05, 0.1) is 24.1 Å². The highest BCUT2D eigenvalue weighted by Gasteiger charge is 2.47. The normalized spacial score (nSPS) is 24.7. The van der Waals surface area contributed by atoms with Gasteiger partial charge in [-0.25, -0.2) is 8.78 Å². The molecule has 5 heterocycles. The molecular formula is C33H32F3N5O5. The summed E-state index contributed by atoms with van der Waals surface area (Å²) in [5.74, 6) is -1.89. The highest BCUT2D eigenvalue weighted by Crippen LogP contribution is 2.45. The van der Waals surface area contributed by atoms with Gasteiger partial charge in [-0.15, -0.1) is 4.39 Å². The van der Waals surface area contributed by atoms with Gasteiger partial charge in [0.2, 0.25) is 0 Å². The van der Waals surface area contributed by atoms with E-state index < -0.39 is 23.6 Å². The van der Waals surface area contributed by atoms with Crippen molar-refractivity contribution in [2.45, 2.75) is 43.5 Å². The second-order valence-corrected chi connectivity index (χ2v) is 12.7. The third-order valence-electron chi connectivity index (χ3n) is 9.65. The van der Waals surface area contributed by atoms with E-state index in [1.54, 1.807) is 12.1 Å². The van der Waals surface area contributed by atoms with Gasteiger partial charge in [0.1, 0.15) is 23.6 Å². The van der Waals surface area contributed by atoms with Crippen molar-refractivity contribution in [1.29, 1.82) is 0 Å². The molecule has 13 heteroatoms. The summed E-state index contributed by atoms with van der Waals surface area (Å²) in [6, 6.07) is 7.20. The average molecular weight is 636 g/mol. The van der Waals surface area contributed by atoms with Gasteiger partial charge >= 0.3 is 12.2 Å². The number of aliphatic hydroxyl groups is 2. The van der Waals surface area contributed by atoms with Gasteiger partial charge in [-0.1, -0.05) is 36.4 Å². The number of rotatable bonds is 7. The standard InChI is InChI=1S/C33H32F3N5O5/c1-18-13-32(8-3-9-40(32)15-18)17-45-31-38-28-22(30(39-31)41-10-11-44-16-20-12-24(20)41)14-37-27(26(28)35)21-5-2-4-19-6-7-23(34)29(25(19)21)46-33(36,42)43/h2,4-7,14,20,24,42-43H,1,3,8-13,15-17H2/t20?,24?,32-/m0/s1. The Hall–Kier alpha value is -4.04. The van der Waals surface area contributed by atoms with E-state index in [1.807, 2.05) is 0 Å². The molecule has 2 aromatic heterocycles. The van der Waals surface area contributed by atoms with Crippen LogP contribution in [0.25, 0.3) is 32.9 Å². The molecule has 2 unspecified atom stereocenters. The van der Waals surface area contributed by atoms with Crippen molar-refractivity contribution in [3.05, 3.63) is 60.3 Å². The minimum atomic E-state index is -4.18. The lowest BCUT2D eigenvalue weighted by atomic mass is 9.94. The lowest BCUT2D eigenvalue weighted by molar-refractivity contribution is -0.375. The summed E-state index contributed by atoms with van der Waals surface area (Å²) in [7, 11) is 0. The first kappa shape index (κ1) is 29.4. The number of hydrogen-bond acceptors (Lipinski definition) is 10. The first-order valence-corrected chi connectivity index (χ1v) is 15.4. The van der Waals surface area contributed by atoms with Crippen LogP contribution in [0.1, 0.15) is 25.7 Å². The highest BCUT2D eigenvalue weighted by atomic mass is 19.2. The van der Waals surface area contributed by atoms with Gasteiger partial charge in [-0.2, -0.15) is 9.97 Å². The van der Waals surface area contributed by atoms with E-state index in [0.29, 0.717) is 48.9 Å². The second-order valence-electron chi connectivity index (χ2n) is 12.7. The second kappa shape index (κ2) is 10.8. The molecule has 3 aliphatic heterocycles. The van der Waals surface area contributed by atoms with Crippen LogP contribution in [0.15, 0.2) is 48.7 Å². The number of alkyl halides is 1. The van der Waals surface area contributed by atoms with Crippen LogP contribution in [0.2, 0.25) is 0 Å². The summed E-state index contributed by atoms with van der Waals surface area (Å²) in [5.41, 5.74) is 0.708. The minimum absolute atomic E-state index is 0.0235. The molecule has 0 spiro atoms. The molecule has 10 nitrogen and oxygen atoms in total. The number of pyridine rings is 1. The van der Waals surface area contributed by atoms with E-state index in [0.717, 1.165) is 50.4 Å². The number of anilines is 1. The molecule has 2 aromatic carbocycles. The number of halogens is 3. The Morgan fingerprint density at radius 2 is 2.02 bits per heavy atom. The van der Waals surface area contributed by atoms with Crippen molar-refractivity contribution >= 4 is 27.5 Å². The fraction of sp³-hybridized carbons (Fsp3) is 0.424. The molecule has 1 aliphatic carbocycles. The van der Waals surface area contributed by atoms with Crippen LogP contribution in [0.5, 0.6) is 11.8 Å². The van der Waals surface area contributed by atoms with Crippen LogP contribution in [0.4, 0.5) is 19.0 Å². The highest BCUT2D eigenvalue weighted by molar-refractivity contribution is 6.02. The van der Waals surface area contributed by atoms with Crippen molar-refractivity contribution in [2.24, 2.45) is 5.92 Å². The predicted octanol–water partition coefficient (Wildman–Crippen LogP) is 4.47. The maximum atomic E-state index is 16.8. The molecule has 3 saturated heterocycles. The van der Waals surface area contributed by atoms with E-state index in [1.165, 1.54) is 18.3 Å².